The Bertz CT molecular complexity index is 1180. The molecule has 0 bridgehead atoms. The number of amidine groups is 1. The highest BCUT2D eigenvalue weighted by Crippen LogP contribution is 2.61. The van der Waals surface area contributed by atoms with Crippen molar-refractivity contribution in [1.29, 1.82) is 5.26 Å². The number of nitriles is 1. The summed E-state index contributed by atoms with van der Waals surface area (Å²) in [5.74, 6) is 0.271. The van der Waals surface area contributed by atoms with Crippen LogP contribution in [-0.2, 0) is 16.9 Å². The summed E-state index contributed by atoms with van der Waals surface area (Å²) in [6.07, 6.45) is 3.30. The van der Waals surface area contributed by atoms with Crippen LogP contribution in [0.15, 0.2) is 46.4 Å². The maximum atomic E-state index is 14.1. The van der Waals surface area contributed by atoms with E-state index in [-0.39, 0.29) is 16.8 Å². The molecule has 1 aliphatic heterocycles. The second-order valence-electron chi connectivity index (χ2n) is 8.57. The largest absolute Gasteiger partial charge is 0.382 e. The highest BCUT2D eigenvalue weighted by molar-refractivity contribution is 6.41. The molecule has 1 heterocycles. The number of hydrogen-bond donors (Lipinski definition) is 1. The molecule has 5 rings (SSSR count). The number of rotatable bonds is 1. The van der Waals surface area contributed by atoms with Gasteiger partial charge in [-0.1, -0.05) is 12.1 Å². The van der Waals surface area contributed by atoms with Gasteiger partial charge in [0.25, 0.3) is 0 Å². The van der Waals surface area contributed by atoms with Crippen molar-refractivity contribution < 1.29 is 9.18 Å². The average molecular weight is 400 g/mol. The third-order valence-electron chi connectivity index (χ3n) is 6.86. The highest BCUT2D eigenvalue weighted by atomic mass is 19.1. The Morgan fingerprint density at radius 3 is 2.53 bits per heavy atom. The van der Waals surface area contributed by atoms with Gasteiger partial charge < -0.3 is 5.73 Å². The van der Waals surface area contributed by atoms with Gasteiger partial charge in [-0.2, -0.15) is 5.26 Å². The summed E-state index contributed by atoms with van der Waals surface area (Å²) in [5.41, 5.74) is 9.61. The van der Waals surface area contributed by atoms with Crippen LogP contribution < -0.4 is 5.73 Å². The van der Waals surface area contributed by atoms with Gasteiger partial charge in [-0.3, -0.25) is 9.79 Å². The molecule has 2 N–H and O–H groups in total. The van der Waals surface area contributed by atoms with Crippen molar-refractivity contribution in [2.75, 3.05) is 0 Å². The first-order valence-electron chi connectivity index (χ1n) is 10.1. The normalized spacial score (nSPS) is 24.0. The van der Waals surface area contributed by atoms with Gasteiger partial charge in [0.2, 0.25) is 0 Å². The first-order chi connectivity index (χ1) is 14.4. The van der Waals surface area contributed by atoms with E-state index in [0.29, 0.717) is 30.0 Å². The van der Waals surface area contributed by atoms with Crippen LogP contribution in [0.3, 0.4) is 0 Å². The number of nitrogens with two attached hydrogens (primary N) is 1. The molecule has 2 aromatic carbocycles. The van der Waals surface area contributed by atoms with Crippen molar-refractivity contribution in [2.24, 2.45) is 21.1 Å². The summed E-state index contributed by atoms with van der Waals surface area (Å²) in [6.45, 7) is 1.86. The lowest BCUT2D eigenvalue weighted by Crippen LogP contribution is -2.42. The molecule has 2 spiro atoms. The lowest BCUT2D eigenvalue weighted by atomic mass is 9.66. The van der Waals surface area contributed by atoms with Crippen molar-refractivity contribution in [3.05, 3.63) is 58.9 Å². The Balaban J connectivity index is 1.69. The summed E-state index contributed by atoms with van der Waals surface area (Å²) in [6, 6.07) is 12.4. The molecule has 5 nitrogen and oxygen atoms in total. The lowest BCUT2D eigenvalue weighted by molar-refractivity contribution is -0.123. The lowest BCUT2D eigenvalue weighted by Gasteiger charge is -2.42. The second kappa shape index (κ2) is 6.33. The Hall–Kier alpha value is -3.33. The van der Waals surface area contributed by atoms with Crippen molar-refractivity contribution in [3.63, 3.8) is 0 Å². The number of carbonyl (C=O) groups is 1. The summed E-state index contributed by atoms with van der Waals surface area (Å²) in [5, 5.41) is 9.21. The van der Waals surface area contributed by atoms with Gasteiger partial charge in [0, 0.05) is 23.8 Å². The summed E-state index contributed by atoms with van der Waals surface area (Å²) in [7, 11) is 0. The van der Waals surface area contributed by atoms with E-state index in [1.807, 2.05) is 31.2 Å². The maximum Gasteiger partial charge on any atom is 0.184 e. The molecule has 1 unspecified atom stereocenters. The number of fused-ring (bicyclic) bond motifs is 3. The van der Waals surface area contributed by atoms with E-state index in [0.717, 1.165) is 36.0 Å². The molecule has 3 aliphatic rings. The molecule has 30 heavy (non-hydrogen) atoms. The van der Waals surface area contributed by atoms with Crippen LogP contribution >= 0.6 is 0 Å². The minimum Gasteiger partial charge on any atom is -0.382 e. The number of hydrogen-bond acceptors (Lipinski definition) is 5. The number of ketones is 1. The van der Waals surface area contributed by atoms with Crippen LogP contribution in [0.4, 0.5) is 4.39 Å². The topological polar surface area (TPSA) is 91.6 Å². The fourth-order valence-corrected chi connectivity index (χ4v) is 5.30. The smallest absolute Gasteiger partial charge is 0.184 e. The standard InChI is InChI=1S/C24H21FN4O/c1-14-22(27)29-24(28-14)21-11-16(18-8-15(13-26)9-19(25)10-18)2-3-17(21)12-23(24)6-4-20(30)5-7-23/h2-3,8-11H,4-7,12H2,1H3,(H2,27,29). The van der Waals surface area contributed by atoms with Crippen molar-refractivity contribution in [2.45, 2.75) is 44.7 Å². The zero-order valence-electron chi connectivity index (χ0n) is 16.7. The highest BCUT2D eigenvalue weighted by Gasteiger charge is 2.60. The molecule has 2 aromatic rings. The maximum absolute atomic E-state index is 14.1. The van der Waals surface area contributed by atoms with Crippen LogP contribution in [0.2, 0.25) is 0 Å². The van der Waals surface area contributed by atoms with Gasteiger partial charge in [-0.15, -0.1) is 0 Å². The molecule has 2 aliphatic carbocycles. The predicted octanol–water partition coefficient (Wildman–Crippen LogP) is 4.03. The van der Waals surface area contributed by atoms with E-state index >= 15 is 0 Å². The third-order valence-corrected chi connectivity index (χ3v) is 6.86. The average Bonchev–Trinajstić information content (AvgIpc) is 3.17. The van der Waals surface area contributed by atoms with E-state index in [1.54, 1.807) is 6.07 Å². The van der Waals surface area contributed by atoms with Gasteiger partial charge in [-0.05, 0) is 67.1 Å². The van der Waals surface area contributed by atoms with E-state index in [1.165, 1.54) is 12.1 Å². The molecular formula is C24H21FN4O. The summed E-state index contributed by atoms with van der Waals surface area (Å²) >= 11 is 0. The zero-order chi connectivity index (χ0) is 21.1. The molecule has 150 valence electrons. The van der Waals surface area contributed by atoms with Crippen molar-refractivity contribution in [1.82, 2.24) is 0 Å². The molecule has 0 amide bonds. The third kappa shape index (κ3) is 2.55. The number of benzene rings is 2. The summed E-state index contributed by atoms with van der Waals surface area (Å²) < 4.78 is 14.1. The second-order valence-corrected chi connectivity index (χ2v) is 8.57. The quantitative estimate of drug-likeness (QED) is 0.783. The van der Waals surface area contributed by atoms with Gasteiger partial charge in [0.05, 0.1) is 17.3 Å². The zero-order valence-corrected chi connectivity index (χ0v) is 16.7. The van der Waals surface area contributed by atoms with E-state index < -0.39 is 11.5 Å². The van der Waals surface area contributed by atoms with Gasteiger partial charge in [0.15, 0.2) is 5.66 Å². The number of halogens is 1. The molecule has 6 heteroatoms. The molecule has 1 fully saturated rings. The van der Waals surface area contributed by atoms with Crippen LogP contribution in [0, 0.1) is 22.6 Å². The monoisotopic (exact) mass is 400 g/mol. The van der Waals surface area contributed by atoms with Gasteiger partial charge in [-0.25, -0.2) is 9.38 Å². The van der Waals surface area contributed by atoms with Crippen LogP contribution in [0.1, 0.15) is 49.3 Å². The van der Waals surface area contributed by atoms with Crippen LogP contribution in [0.5, 0.6) is 0 Å². The van der Waals surface area contributed by atoms with Crippen LogP contribution in [0.25, 0.3) is 11.1 Å². The molecule has 0 aromatic heterocycles. The van der Waals surface area contributed by atoms with Crippen molar-refractivity contribution in [3.8, 4) is 17.2 Å². The fourth-order valence-electron chi connectivity index (χ4n) is 5.30. The molecule has 1 atom stereocenters. The van der Waals surface area contributed by atoms with E-state index in [9.17, 15) is 14.4 Å². The first-order valence-corrected chi connectivity index (χ1v) is 10.1. The Labute approximate surface area is 174 Å². The SMILES string of the molecule is CC1=NC2(N=C1N)c1cc(-c3cc(F)cc(C#N)c3)ccc1CC21CCC(=O)CC1. The Morgan fingerprint density at radius 1 is 1.10 bits per heavy atom. The van der Waals surface area contributed by atoms with Gasteiger partial charge >= 0.3 is 0 Å². The Kier molecular flexibility index (Phi) is 3.94. The van der Waals surface area contributed by atoms with E-state index in [2.05, 4.69) is 0 Å². The molecular weight excluding hydrogens is 379 g/mol. The number of Topliss-reactive ketones (excluding diaryl/α,β-unsaturated/α-hetero) is 1. The van der Waals surface area contributed by atoms with Gasteiger partial charge in [0.1, 0.15) is 17.4 Å². The van der Waals surface area contributed by atoms with Crippen molar-refractivity contribution >= 4 is 17.3 Å². The van der Waals surface area contributed by atoms with Crippen LogP contribution in [-0.4, -0.2) is 17.3 Å². The first kappa shape index (κ1) is 18.7. The predicted molar refractivity (Wildman–Crippen MR) is 113 cm³/mol. The number of nitrogens with zero attached hydrogens (tertiary/aromatic N) is 3. The Morgan fingerprint density at radius 2 is 1.87 bits per heavy atom. The molecule has 0 radical (unpaired) electrons. The minimum absolute atomic E-state index is 0.274. The number of aliphatic imine (C=N–C) groups is 2. The fraction of sp³-hybridized carbons (Fsp3) is 0.333. The molecule has 1 saturated carbocycles. The summed E-state index contributed by atoms with van der Waals surface area (Å²) in [4.78, 5) is 21.8. The number of carbonyl (C=O) groups excluding carboxylic acids is 1. The molecule has 0 saturated heterocycles. The minimum atomic E-state index is -0.835. The van der Waals surface area contributed by atoms with E-state index in [4.69, 9.17) is 15.7 Å².